The summed E-state index contributed by atoms with van der Waals surface area (Å²) in [7, 11) is 0. The molecule has 3 nitrogen and oxygen atoms in total. The number of hydrogen-bond acceptors (Lipinski definition) is 3. The lowest BCUT2D eigenvalue weighted by Gasteiger charge is -2.25. The molecule has 3 rings (SSSR count). The van der Waals surface area contributed by atoms with Crippen LogP contribution in [0.1, 0.15) is 30.9 Å². The molecule has 4 heteroatoms. The van der Waals surface area contributed by atoms with Gasteiger partial charge >= 0.3 is 0 Å². The number of aliphatic hydroxyl groups excluding tert-OH is 1. The number of likely N-dealkylation sites (tertiary alicyclic amines) is 2. The Balaban J connectivity index is 1.55. The van der Waals surface area contributed by atoms with Gasteiger partial charge in [0.1, 0.15) is 5.82 Å². The Kier molecular flexibility index (Phi) is 4.34. The lowest BCUT2D eigenvalue weighted by atomic mass is 10.1. The van der Waals surface area contributed by atoms with Crippen molar-refractivity contribution >= 4 is 0 Å². The maximum absolute atomic E-state index is 13.6. The summed E-state index contributed by atoms with van der Waals surface area (Å²) in [4.78, 5) is 4.83. The van der Waals surface area contributed by atoms with Gasteiger partial charge in [-0.15, -0.1) is 0 Å². The van der Waals surface area contributed by atoms with Crippen LogP contribution >= 0.6 is 0 Å². The van der Waals surface area contributed by atoms with Gasteiger partial charge < -0.3 is 5.11 Å². The zero-order chi connectivity index (χ0) is 13.9. The Morgan fingerprint density at radius 2 is 1.95 bits per heavy atom. The first-order valence-corrected chi connectivity index (χ1v) is 7.63. The number of halogens is 1. The lowest BCUT2D eigenvalue weighted by molar-refractivity contribution is 0.117. The molecule has 1 N–H and O–H groups in total. The molecule has 0 bridgehead atoms. The first kappa shape index (κ1) is 14.0. The summed E-state index contributed by atoms with van der Waals surface area (Å²) < 4.78 is 13.6. The largest absolute Gasteiger partial charge is 0.387 e. The SMILES string of the molecule is OC(CN1CCC(N2CCCC2)C1)c1ccccc1F. The van der Waals surface area contributed by atoms with E-state index in [0.29, 0.717) is 18.2 Å². The third kappa shape index (κ3) is 3.03. The van der Waals surface area contributed by atoms with Gasteiger partial charge in [0.2, 0.25) is 0 Å². The topological polar surface area (TPSA) is 26.7 Å². The van der Waals surface area contributed by atoms with Crippen molar-refractivity contribution < 1.29 is 9.50 Å². The van der Waals surface area contributed by atoms with E-state index in [9.17, 15) is 9.50 Å². The van der Waals surface area contributed by atoms with Gasteiger partial charge in [0, 0.05) is 24.7 Å². The fourth-order valence-corrected chi connectivity index (χ4v) is 3.47. The molecule has 0 aromatic heterocycles. The van der Waals surface area contributed by atoms with Gasteiger partial charge in [-0.1, -0.05) is 18.2 Å². The van der Waals surface area contributed by atoms with Crippen molar-refractivity contribution in [3.8, 4) is 0 Å². The molecule has 0 spiro atoms. The highest BCUT2D eigenvalue weighted by atomic mass is 19.1. The van der Waals surface area contributed by atoms with Crippen molar-refractivity contribution in [2.24, 2.45) is 0 Å². The first-order chi connectivity index (χ1) is 9.74. The van der Waals surface area contributed by atoms with Crippen LogP contribution in [0.4, 0.5) is 4.39 Å². The Labute approximate surface area is 120 Å². The highest BCUT2D eigenvalue weighted by Gasteiger charge is 2.30. The zero-order valence-corrected chi connectivity index (χ0v) is 11.8. The highest BCUT2D eigenvalue weighted by Crippen LogP contribution is 2.23. The number of hydrogen-bond donors (Lipinski definition) is 1. The zero-order valence-electron chi connectivity index (χ0n) is 11.8. The van der Waals surface area contributed by atoms with Crippen LogP contribution in [0.2, 0.25) is 0 Å². The van der Waals surface area contributed by atoms with E-state index >= 15 is 0 Å². The molecule has 2 saturated heterocycles. The van der Waals surface area contributed by atoms with Gasteiger partial charge in [-0.05, 0) is 45.0 Å². The van der Waals surface area contributed by atoms with Crippen LogP contribution in [0.25, 0.3) is 0 Å². The molecule has 1 aromatic carbocycles. The van der Waals surface area contributed by atoms with Crippen LogP contribution in [-0.2, 0) is 0 Å². The molecule has 2 aliphatic heterocycles. The fraction of sp³-hybridized carbons (Fsp3) is 0.625. The van der Waals surface area contributed by atoms with Crippen LogP contribution in [0.3, 0.4) is 0 Å². The van der Waals surface area contributed by atoms with Gasteiger partial charge in [0.15, 0.2) is 0 Å². The maximum Gasteiger partial charge on any atom is 0.129 e. The predicted molar refractivity (Wildman–Crippen MR) is 77.0 cm³/mol. The van der Waals surface area contributed by atoms with E-state index in [1.165, 1.54) is 38.4 Å². The predicted octanol–water partition coefficient (Wildman–Crippen LogP) is 2.03. The van der Waals surface area contributed by atoms with Crippen LogP contribution in [-0.4, -0.2) is 53.7 Å². The molecule has 2 unspecified atom stereocenters. The summed E-state index contributed by atoms with van der Waals surface area (Å²) in [6.07, 6.45) is 3.07. The summed E-state index contributed by atoms with van der Waals surface area (Å²) in [5.74, 6) is -0.310. The van der Waals surface area contributed by atoms with Crippen LogP contribution in [0, 0.1) is 5.82 Å². The van der Waals surface area contributed by atoms with E-state index in [0.717, 1.165) is 13.1 Å². The molecular weight excluding hydrogens is 255 g/mol. The van der Waals surface area contributed by atoms with E-state index in [-0.39, 0.29) is 5.82 Å². The third-order valence-electron chi connectivity index (χ3n) is 4.60. The minimum Gasteiger partial charge on any atom is -0.387 e. The van der Waals surface area contributed by atoms with Crippen molar-refractivity contribution in [1.82, 2.24) is 9.80 Å². The van der Waals surface area contributed by atoms with Crippen LogP contribution < -0.4 is 0 Å². The Hall–Kier alpha value is -0.970. The second-order valence-corrected chi connectivity index (χ2v) is 5.98. The number of rotatable bonds is 4. The van der Waals surface area contributed by atoms with E-state index in [4.69, 9.17) is 0 Å². The average molecular weight is 278 g/mol. The smallest absolute Gasteiger partial charge is 0.129 e. The number of nitrogens with zero attached hydrogens (tertiary/aromatic N) is 2. The molecule has 20 heavy (non-hydrogen) atoms. The monoisotopic (exact) mass is 278 g/mol. The fourth-order valence-electron chi connectivity index (χ4n) is 3.47. The second-order valence-electron chi connectivity index (χ2n) is 5.98. The first-order valence-electron chi connectivity index (χ1n) is 7.63. The molecule has 0 aliphatic carbocycles. The molecule has 110 valence electrons. The molecule has 2 aliphatic rings. The number of aliphatic hydroxyl groups is 1. The molecule has 0 radical (unpaired) electrons. The molecule has 2 atom stereocenters. The Morgan fingerprint density at radius 3 is 2.70 bits per heavy atom. The second kappa shape index (κ2) is 6.20. The van der Waals surface area contributed by atoms with E-state index in [1.54, 1.807) is 18.2 Å². The third-order valence-corrected chi connectivity index (χ3v) is 4.60. The van der Waals surface area contributed by atoms with Gasteiger partial charge in [-0.3, -0.25) is 9.80 Å². The van der Waals surface area contributed by atoms with E-state index in [2.05, 4.69) is 9.80 Å². The van der Waals surface area contributed by atoms with Gasteiger partial charge in [-0.2, -0.15) is 0 Å². The summed E-state index contributed by atoms with van der Waals surface area (Å²) >= 11 is 0. The Morgan fingerprint density at radius 1 is 1.20 bits per heavy atom. The number of benzene rings is 1. The molecular formula is C16H23FN2O. The van der Waals surface area contributed by atoms with Crippen molar-refractivity contribution in [1.29, 1.82) is 0 Å². The summed E-state index contributed by atoms with van der Waals surface area (Å²) in [5.41, 5.74) is 0.414. The van der Waals surface area contributed by atoms with E-state index in [1.807, 2.05) is 0 Å². The quantitative estimate of drug-likeness (QED) is 0.913. The van der Waals surface area contributed by atoms with Gasteiger partial charge in [0.05, 0.1) is 6.10 Å². The van der Waals surface area contributed by atoms with E-state index < -0.39 is 6.10 Å². The summed E-state index contributed by atoms with van der Waals surface area (Å²) in [6, 6.07) is 7.15. The Bertz CT molecular complexity index is 448. The molecule has 1 aromatic rings. The van der Waals surface area contributed by atoms with Crippen molar-refractivity contribution in [3.63, 3.8) is 0 Å². The van der Waals surface area contributed by atoms with Crippen molar-refractivity contribution in [2.75, 3.05) is 32.7 Å². The highest BCUT2D eigenvalue weighted by molar-refractivity contribution is 5.20. The van der Waals surface area contributed by atoms with Crippen molar-refractivity contribution in [3.05, 3.63) is 35.6 Å². The van der Waals surface area contributed by atoms with Gasteiger partial charge in [0.25, 0.3) is 0 Å². The summed E-state index contributed by atoms with van der Waals surface area (Å²) in [6.45, 7) is 4.98. The molecule has 0 amide bonds. The van der Waals surface area contributed by atoms with Crippen LogP contribution in [0.5, 0.6) is 0 Å². The number of β-amino-alcohol motifs (C(OH)–C–C–N with tert-alkyl or cyclic N) is 1. The maximum atomic E-state index is 13.6. The lowest BCUT2D eigenvalue weighted by Crippen LogP contribution is -2.36. The standard InChI is InChI=1S/C16H23FN2O/c17-15-6-2-1-5-14(15)16(20)12-18-10-7-13(11-18)19-8-3-4-9-19/h1-2,5-6,13,16,20H,3-4,7-12H2. The molecule has 2 heterocycles. The summed E-state index contributed by atoms with van der Waals surface area (Å²) in [5, 5.41) is 10.2. The van der Waals surface area contributed by atoms with Crippen molar-refractivity contribution in [2.45, 2.75) is 31.4 Å². The van der Waals surface area contributed by atoms with Crippen LogP contribution in [0.15, 0.2) is 24.3 Å². The molecule has 0 saturated carbocycles. The molecule has 2 fully saturated rings. The average Bonchev–Trinajstić information content (AvgIpc) is 3.09. The normalized spacial score (nSPS) is 26.2. The van der Waals surface area contributed by atoms with Gasteiger partial charge in [-0.25, -0.2) is 4.39 Å². The minimum absolute atomic E-state index is 0.310. The minimum atomic E-state index is -0.728.